The van der Waals surface area contributed by atoms with Crippen LogP contribution in [0.15, 0.2) is 18.2 Å². The summed E-state index contributed by atoms with van der Waals surface area (Å²) in [5.74, 6) is 0.446. The standard InChI is InChI=1S/C17H24N2O.2ClH/c20-17-9-8-15(19-13-4-5-14(19)7-6-13)12-16(17)18-10-2-1-3-11-18;;/h8-9,12-14,20H,1-7,10-11H2;2*1H. The highest BCUT2D eigenvalue weighted by Gasteiger charge is 2.39. The summed E-state index contributed by atoms with van der Waals surface area (Å²) in [6.07, 6.45) is 9.23. The van der Waals surface area contributed by atoms with E-state index in [1.54, 1.807) is 0 Å². The molecule has 0 aromatic heterocycles. The minimum absolute atomic E-state index is 0. The molecule has 0 spiro atoms. The molecule has 0 atom stereocenters. The molecule has 124 valence electrons. The molecule has 0 radical (unpaired) electrons. The van der Waals surface area contributed by atoms with E-state index in [4.69, 9.17) is 0 Å². The fourth-order valence-corrected chi connectivity index (χ4v) is 4.39. The van der Waals surface area contributed by atoms with Gasteiger partial charge in [0.2, 0.25) is 0 Å². The number of fused-ring (bicyclic) bond motifs is 2. The molecule has 2 bridgehead atoms. The zero-order valence-electron chi connectivity index (χ0n) is 12.9. The van der Waals surface area contributed by atoms with Crippen molar-refractivity contribution in [3.05, 3.63) is 18.2 Å². The first-order chi connectivity index (χ1) is 9.83. The van der Waals surface area contributed by atoms with E-state index in [1.807, 2.05) is 6.07 Å². The molecule has 3 saturated heterocycles. The van der Waals surface area contributed by atoms with Crippen LogP contribution in [-0.4, -0.2) is 30.3 Å². The lowest BCUT2D eigenvalue weighted by Gasteiger charge is -2.31. The fraction of sp³-hybridized carbons (Fsp3) is 0.647. The summed E-state index contributed by atoms with van der Waals surface area (Å²) < 4.78 is 0. The highest BCUT2D eigenvalue weighted by molar-refractivity contribution is 5.85. The van der Waals surface area contributed by atoms with Gasteiger partial charge in [-0.15, -0.1) is 24.8 Å². The Kier molecular flexibility index (Phi) is 5.73. The topological polar surface area (TPSA) is 26.7 Å². The number of hydrogen-bond donors (Lipinski definition) is 1. The number of rotatable bonds is 2. The molecule has 0 unspecified atom stereocenters. The van der Waals surface area contributed by atoms with Crippen molar-refractivity contribution < 1.29 is 5.11 Å². The molecule has 0 amide bonds. The molecule has 3 nitrogen and oxygen atoms in total. The molecule has 22 heavy (non-hydrogen) atoms. The van der Waals surface area contributed by atoms with E-state index in [1.165, 1.54) is 50.6 Å². The summed E-state index contributed by atoms with van der Waals surface area (Å²) in [6.45, 7) is 2.17. The maximum absolute atomic E-state index is 10.2. The summed E-state index contributed by atoms with van der Waals surface area (Å²) in [7, 11) is 0. The first kappa shape index (κ1) is 17.6. The van der Waals surface area contributed by atoms with Gasteiger partial charge in [-0.05, 0) is 63.1 Å². The zero-order chi connectivity index (χ0) is 13.5. The smallest absolute Gasteiger partial charge is 0.139 e. The average Bonchev–Trinajstić information content (AvgIpc) is 3.09. The Bertz CT molecular complexity index is 485. The molecule has 1 N–H and O–H groups in total. The Balaban J connectivity index is 0.000000882. The van der Waals surface area contributed by atoms with Crippen LogP contribution in [0.3, 0.4) is 0 Å². The molecule has 4 rings (SSSR count). The van der Waals surface area contributed by atoms with E-state index in [0.717, 1.165) is 30.9 Å². The number of phenols is 1. The van der Waals surface area contributed by atoms with Gasteiger partial charge in [-0.1, -0.05) is 0 Å². The molecule has 1 aromatic rings. The lowest BCUT2D eigenvalue weighted by atomic mass is 10.0. The Morgan fingerprint density at radius 3 is 2.05 bits per heavy atom. The summed E-state index contributed by atoms with van der Waals surface area (Å²) in [4.78, 5) is 4.98. The van der Waals surface area contributed by atoms with Crippen LogP contribution in [0.1, 0.15) is 44.9 Å². The maximum Gasteiger partial charge on any atom is 0.139 e. The van der Waals surface area contributed by atoms with Crippen LogP contribution in [0.25, 0.3) is 0 Å². The van der Waals surface area contributed by atoms with Crippen LogP contribution in [-0.2, 0) is 0 Å². The SMILES string of the molecule is Cl.Cl.Oc1ccc(N2C3CCC2CC3)cc1N1CCCCC1. The Morgan fingerprint density at radius 2 is 1.45 bits per heavy atom. The largest absolute Gasteiger partial charge is 0.506 e. The summed E-state index contributed by atoms with van der Waals surface area (Å²) in [6, 6.07) is 7.74. The van der Waals surface area contributed by atoms with E-state index >= 15 is 0 Å². The lowest BCUT2D eigenvalue weighted by Crippen LogP contribution is -2.31. The number of benzene rings is 1. The van der Waals surface area contributed by atoms with Gasteiger partial charge in [0.1, 0.15) is 5.75 Å². The summed E-state index contributed by atoms with van der Waals surface area (Å²) in [5.41, 5.74) is 2.38. The molecule has 3 heterocycles. The molecule has 3 aliphatic heterocycles. The highest BCUT2D eigenvalue weighted by atomic mass is 35.5. The number of phenolic OH excluding ortho intramolecular Hbond substituents is 1. The van der Waals surface area contributed by atoms with Crippen molar-refractivity contribution in [1.82, 2.24) is 0 Å². The summed E-state index contributed by atoms with van der Waals surface area (Å²) >= 11 is 0. The molecule has 0 aliphatic carbocycles. The zero-order valence-corrected chi connectivity index (χ0v) is 14.5. The van der Waals surface area contributed by atoms with Crippen molar-refractivity contribution in [1.29, 1.82) is 0 Å². The predicted octanol–water partition coefficient (Wildman–Crippen LogP) is 4.36. The first-order valence-corrected chi connectivity index (χ1v) is 8.19. The third kappa shape index (κ3) is 2.98. The number of anilines is 2. The van der Waals surface area contributed by atoms with Gasteiger partial charge < -0.3 is 14.9 Å². The Hall–Kier alpha value is -0.800. The van der Waals surface area contributed by atoms with Crippen molar-refractivity contribution in [2.24, 2.45) is 0 Å². The molecule has 3 fully saturated rings. The van der Waals surface area contributed by atoms with Crippen molar-refractivity contribution in [2.75, 3.05) is 22.9 Å². The molecular weight excluding hydrogens is 319 g/mol. The highest BCUT2D eigenvalue weighted by Crippen LogP contribution is 2.43. The molecular formula is C17H26Cl2N2O. The Morgan fingerprint density at radius 1 is 0.864 bits per heavy atom. The van der Waals surface area contributed by atoms with Gasteiger partial charge in [0.05, 0.1) is 5.69 Å². The van der Waals surface area contributed by atoms with E-state index < -0.39 is 0 Å². The van der Waals surface area contributed by atoms with Crippen LogP contribution in [0, 0.1) is 0 Å². The fourth-order valence-electron chi connectivity index (χ4n) is 4.39. The second-order valence-corrected chi connectivity index (χ2v) is 6.59. The monoisotopic (exact) mass is 344 g/mol. The van der Waals surface area contributed by atoms with Gasteiger partial charge in [0.25, 0.3) is 0 Å². The van der Waals surface area contributed by atoms with E-state index in [9.17, 15) is 5.11 Å². The van der Waals surface area contributed by atoms with Gasteiger partial charge in [-0.3, -0.25) is 0 Å². The van der Waals surface area contributed by atoms with E-state index in [-0.39, 0.29) is 24.8 Å². The van der Waals surface area contributed by atoms with Gasteiger partial charge >= 0.3 is 0 Å². The second-order valence-electron chi connectivity index (χ2n) is 6.59. The van der Waals surface area contributed by atoms with Crippen molar-refractivity contribution in [3.63, 3.8) is 0 Å². The van der Waals surface area contributed by atoms with Crippen LogP contribution >= 0.6 is 24.8 Å². The van der Waals surface area contributed by atoms with Gasteiger partial charge in [0.15, 0.2) is 0 Å². The van der Waals surface area contributed by atoms with Gasteiger partial charge in [0, 0.05) is 30.9 Å². The van der Waals surface area contributed by atoms with Crippen LogP contribution in [0.4, 0.5) is 11.4 Å². The third-order valence-electron chi connectivity index (χ3n) is 5.41. The van der Waals surface area contributed by atoms with Gasteiger partial charge in [-0.25, -0.2) is 0 Å². The number of nitrogens with zero attached hydrogens (tertiary/aromatic N) is 2. The lowest BCUT2D eigenvalue weighted by molar-refractivity contribution is 0.469. The minimum atomic E-state index is 0. The quantitative estimate of drug-likeness (QED) is 0.863. The van der Waals surface area contributed by atoms with Crippen molar-refractivity contribution >= 4 is 36.2 Å². The molecule has 0 saturated carbocycles. The van der Waals surface area contributed by atoms with Crippen molar-refractivity contribution in [3.8, 4) is 5.75 Å². The third-order valence-corrected chi connectivity index (χ3v) is 5.41. The normalized spacial score (nSPS) is 26.5. The second kappa shape index (κ2) is 7.18. The number of halogens is 2. The maximum atomic E-state index is 10.2. The Labute approximate surface area is 145 Å². The minimum Gasteiger partial charge on any atom is -0.506 e. The number of piperidine rings is 1. The van der Waals surface area contributed by atoms with Crippen molar-refractivity contribution in [2.45, 2.75) is 57.0 Å². The molecule has 5 heteroatoms. The molecule has 3 aliphatic rings. The number of aromatic hydroxyl groups is 1. The molecule has 1 aromatic carbocycles. The van der Waals surface area contributed by atoms with Crippen LogP contribution < -0.4 is 9.80 Å². The summed E-state index contributed by atoms with van der Waals surface area (Å²) in [5, 5.41) is 10.2. The number of hydrogen-bond acceptors (Lipinski definition) is 3. The predicted molar refractivity (Wildman–Crippen MR) is 97.2 cm³/mol. The van der Waals surface area contributed by atoms with E-state index in [0.29, 0.717) is 5.75 Å². The first-order valence-electron chi connectivity index (χ1n) is 8.19. The van der Waals surface area contributed by atoms with Gasteiger partial charge in [-0.2, -0.15) is 0 Å². The van der Waals surface area contributed by atoms with Crippen LogP contribution in [0.5, 0.6) is 5.75 Å². The van der Waals surface area contributed by atoms with Crippen LogP contribution in [0.2, 0.25) is 0 Å². The average molecular weight is 345 g/mol. The van der Waals surface area contributed by atoms with E-state index in [2.05, 4.69) is 21.9 Å².